The first-order chi connectivity index (χ1) is 52.3. The van der Waals surface area contributed by atoms with Gasteiger partial charge >= 0.3 is 99.8 Å². The van der Waals surface area contributed by atoms with E-state index in [1.807, 2.05) is 13.8 Å². The summed E-state index contributed by atoms with van der Waals surface area (Å²) in [5, 5.41) is -1.60. The highest BCUT2D eigenvalue weighted by Crippen LogP contribution is 2.24. The molecule has 2 aromatic heterocycles. The van der Waals surface area contributed by atoms with Crippen LogP contribution in [0.1, 0.15) is 133 Å². The molecule has 0 aliphatic rings. The Morgan fingerprint density at radius 3 is 0.634 bits per heavy atom. The smallest absolute Gasteiger partial charge is 0.340 e. The average Bonchev–Trinajstić information content (AvgIpc) is 0.792. The van der Waals surface area contributed by atoms with Crippen LogP contribution in [0.15, 0.2) is 60.7 Å². The Balaban J connectivity index is 0. The topological polar surface area (TPSA) is 421 Å². The Morgan fingerprint density at radius 1 is 0.286 bits per heavy atom. The van der Waals surface area contributed by atoms with Crippen LogP contribution in [0.25, 0.3) is 6.20 Å². The van der Waals surface area contributed by atoms with E-state index in [4.69, 9.17) is 52.1 Å². The van der Waals surface area contributed by atoms with Crippen LogP contribution in [0.2, 0.25) is 0 Å². The molecule has 0 aliphatic heterocycles. The van der Waals surface area contributed by atoms with Crippen molar-refractivity contribution in [2.24, 2.45) is 5.41 Å². The Bertz CT molecular complexity index is 3380. The summed E-state index contributed by atoms with van der Waals surface area (Å²) in [6.07, 6.45) is 5.11. The lowest BCUT2D eigenvalue weighted by Crippen LogP contribution is -2.55. The Labute approximate surface area is 698 Å². The molecule has 0 aliphatic carbocycles. The lowest BCUT2D eigenvalue weighted by molar-refractivity contribution is -0.171. The molecule has 9 unspecified atom stereocenters. The number of unbranched alkanes of at least 4 members (excludes halogenated alkanes) is 1. The number of rotatable bonds is 49. The maximum atomic E-state index is 12.9. The largest absolute Gasteiger partial charge is 0.466 e. The van der Waals surface area contributed by atoms with Crippen molar-refractivity contribution in [3.8, 4) is 0 Å². The minimum absolute atomic E-state index is 0.0154. The van der Waals surface area contributed by atoms with Crippen LogP contribution in [-0.4, -0.2) is 213 Å². The van der Waals surface area contributed by atoms with Crippen LogP contribution in [0.3, 0.4) is 0 Å². The van der Waals surface area contributed by atoms with Crippen molar-refractivity contribution in [3.63, 3.8) is 0 Å². The number of hydrogen-bond acceptors (Lipinski definition) is 37. The minimum atomic E-state index is -1.30. The second-order valence-electron chi connectivity index (χ2n) is 25.2. The van der Waals surface area contributed by atoms with Crippen molar-refractivity contribution in [3.05, 3.63) is 94.8 Å². The van der Waals surface area contributed by atoms with Crippen LogP contribution in [0, 0.1) is 5.41 Å². The SMILES string of the molecule is C=CC(=O)OCCn1c(=O)n(C=C)c(=O)n(CCOC(=O)C=C)c1=O.CC(S)CC(=O)OCC(COC(=O)CC(C)S)(COC(=O)CC(C)S)COC(=O)CC(C)S.CC(S)CC(=O)OCCCCOC(=O)CC(C)S.CC(S)CC(=O)OCCn1c(=O)n(CCOC(=O)CC(C)S)c(=O)n(CCOC(=O)CC(C)S)c1=O. The quantitative estimate of drug-likeness (QED) is 0.0149. The van der Waals surface area contributed by atoms with Gasteiger partial charge in [0.15, 0.2) is 0 Å². The fourth-order valence-corrected chi connectivity index (χ4v) is 9.59. The zero-order valence-electron chi connectivity index (χ0n) is 64.3. The fraction of sp³-hybridized carbons (Fsp3) is 0.667. The summed E-state index contributed by atoms with van der Waals surface area (Å²) in [5.74, 6) is -5.75. The zero-order chi connectivity index (χ0) is 86.0. The first kappa shape index (κ1) is 107. The molecule has 2 heterocycles. The van der Waals surface area contributed by atoms with Crippen LogP contribution < -0.4 is 34.1 Å². The van der Waals surface area contributed by atoms with Gasteiger partial charge in [0.1, 0.15) is 64.9 Å². The number of aromatic nitrogens is 6. The third kappa shape index (κ3) is 50.6. The summed E-state index contributed by atoms with van der Waals surface area (Å²) < 4.78 is 60.1. The van der Waals surface area contributed by atoms with E-state index in [0.29, 0.717) is 52.6 Å². The first-order valence-electron chi connectivity index (χ1n) is 35.0. The third-order valence-electron chi connectivity index (χ3n) is 13.5. The second-order valence-corrected chi connectivity index (χ2v) is 33.1. The molecule has 9 atom stereocenters. The summed E-state index contributed by atoms with van der Waals surface area (Å²) >= 11 is 37.2. The van der Waals surface area contributed by atoms with Gasteiger partial charge < -0.3 is 52.1 Å². The van der Waals surface area contributed by atoms with Gasteiger partial charge in [-0.15, -0.1) is 0 Å². The van der Waals surface area contributed by atoms with Gasteiger partial charge in [0.25, 0.3) is 0 Å². The Kier molecular flexibility index (Phi) is 57.5. The number of hydrogen-bond donors (Lipinski definition) is 9. The van der Waals surface area contributed by atoms with Gasteiger partial charge in [-0.05, 0) is 12.8 Å². The lowest BCUT2D eigenvalue weighted by Gasteiger charge is -2.32. The molecular formula is C69H108N6O28S9. The molecule has 0 bridgehead atoms. The van der Waals surface area contributed by atoms with Gasteiger partial charge in [0.2, 0.25) is 0 Å². The molecule has 0 aromatic carbocycles. The Hall–Kier alpha value is -6.64. The first-order valence-corrected chi connectivity index (χ1v) is 39.7. The molecule has 0 N–H and O–H groups in total. The van der Waals surface area contributed by atoms with Crippen LogP contribution in [-0.2, 0) is 138 Å². The standard InChI is InChI=1S/C21H33N3O9S3.C21H36O8S4.C15H17N3O7.C12H22O4S2/c1-13(34)10-16(25)31-7-4-22-19(28)23(5-8-32-17(26)11-14(2)35)21(30)24(20(22)29)6-9-33-18(27)12-15(3)36;1-13(30)5-17(22)26-9-21(10-27-18(23)6-14(2)31,11-28-19(24)7-15(3)32)12-29-20(25)8-16(4)33;1-4-11(19)24-9-7-17-13(21)16(6-3)14(22)18(15(17)23)8-10-25-12(20)5-2;1-9(17)7-11(13)15-5-3-4-6-16-12(14)8-10(2)18/h13-15,34-36H,4-12H2,1-3H3;13-16,30-33H,5-12H2,1-4H3;4-6H,1-3,7-10H2;9-10,17-18H,3-8H2,1-2H3. The van der Waals surface area contributed by atoms with Crippen molar-refractivity contribution in [2.75, 3.05) is 72.7 Å². The van der Waals surface area contributed by atoms with Crippen molar-refractivity contribution >= 4 is 186 Å². The van der Waals surface area contributed by atoms with Gasteiger partial charge in [-0.3, -0.25) is 43.2 Å². The summed E-state index contributed by atoms with van der Waals surface area (Å²) in [7, 11) is 0. The lowest BCUT2D eigenvalue weighted by atomic mass is 9.92. The van der Waals surface area contributed by atoms with Crippen LogP contribution in [0.4, 0.5) is 0 Å². The summed E-state index contributed by atoms with van der Waals surface area (Å²) in [5.41, 5.74) is -6.97. The summed E-state index contributed by atoms with van der Waals surface area (Å²) in [6, 6.07) is 0. The summed E-state index contributed by atoms with van der Waals surface area (Å²) in [4.78, 5) is 203. The minimum Gasteiger partial charge on any atom is -0.466 e. The highest BCUT2D eigenvalue weighted by Gasteiger charge is 2.38. The average molecular weight is 1760 g/mol. The molecule has 0 spiro atoms. The monoisotopic (exact) mass is 1760 g/mol. The molecule has 0 fully saturated rings. The molecule has 2 rings (SSSR count). The molecular weight excluding hydrogens is 1650 g/mol. The van der Waals surface area contributed by atoms with Crippen molar-refractivity contribution in [1.29, 1.82) is 0 Å². The van der Waals surface area contributed by atoms with Crippen molar-refractivity contribution < 1.29 is 105 Å². The molecule has 2 aromatic rings. The highest BCUT2D eigenvalue weighted by atomic mass is 32.1. The van der Waals surface area contributed by atoms with E-state index in [1.54, 1.807) is 48.5 Å². The molecule has 34 nitrogen and oxygen atoms in total. The van der Waals surface area contributed by atoms with Crippen molar-refractivity contribution in [2.45, 2.75) is 213 Å². The fourth-order valence-electron chi connectivity index (χ4n) is 8.25. The predicted octanol–water partition coefficient (Wildman–Crippen LogP) is 3.91. The number of ether oxygens (including phenoxy) is 11. The van der Waals surface area contributed by atoms with Gasteiger partial charge in [-0.2, -0.15) is 114 Å². The molecule has 0 saturated carbocycles. The number of esters is 11. The molecule has 0 amide bonds. The maximum Gasteiger partial charge on any atom is 0.340 e. The number of nitrogens with zero attached hydrogens (tertiary/aromatic N) is 6. The van der Waals surface area contributed by atoms with Gasteiger partial charge in [0.05, 0.1) is 104 Å². The number of carbonyl (C=O) groups excluding carboxylic acids is 11. The highest BCUT2D eigenvalue weighted by molar-refractivity contribution is 7.82. The third-order valence-corrected chi connectivity index (χ3v) is 15.1. The van der Waals surface area contributed by atoms with Gasteiger partial charge in [0, 0.05) is 65.6 Å². The Morgan fingerprint density at radius 2 is 0.455 bits per heavy atom. The van der Waals surface area contributed by atoms with Crippen LogP contribution >= 0.6 is 114 Å². The molecule has 43 heteroatoms. The van der Waals surface area contributed by atoms with E-state index in [9.17, 15) is 81.5 Å². The second kappa shape index (κ2) is 60.0. The molecule has 636 valence electrons. The van der Waals surface area contributed by atoms with Crippen LogP contribution in [0.5, 0.6) is 0 Å². The van der Waals surface area contributed by atoms with E-state index >= 15 is 0 Å². The number of carbonyl (C=O) groups is 11. The van der Waals surface area contributed by atoms with Gasteiger partial charge in [-0.25, -0.2) is 65.8 Å². The zero-order valence-corrected chi connectivity index (χ0v) is 72.3. The van der Waals surface area contributed by atoms with E-state index < -0.39 is 93.3 Å². The van der Waals surface area contributed by atoms with E-state index in [2.05, 4.69) is 133 Å². The molecule has 0 radical (unpaired) electrons. The van der Waals surface area contributed by atoms with E-state index in [1.165, 1.54) is 0 Å². The van der Waals surface area contributed by atoms with E-state index in [-0.39, 0.29) is 196 Å². The predicted molar refractivity (Wildman–Crippen MR) is 445 cm³/mol. The number of thiol groups is 9. The summed E-state index contributed by atoms with van der Waals surface area (Å²) in [6.45, 7) is 22.1. The molecule has 0 saturated heterocycles. The van der Waals surface area contributed by atoms with Crippen molar-refractivity contribution in [1.82, 2.24) is 27.4 Å². The van der Waals surface area contributed by atoms with Gasteiger partial charge in [-0.1, -0.05) is 82.1 Å². The molecule has 112 heavy (non-hydrogen) atoms. The maximum absolute atomic E-state index is 12.9. The van der Waals surface area contributed by atoms with E-state index in [0.717, 1.165) is 32.1 Å². The normalized spacial score (nSPS) is 13.6.